The monoisotopic (exact) mass is 142 g/mol. The zero-order valence-electron chi connectivity index (χ0n) is 7.10. The summed E-state index contributed by atoms with van der Waals surface area (Å²) in [5.74, 6) is 0. The first-order chi connectivity index (χ1) is 4.91. The standard InChI is InChI=1S/C9H18O/c1-3-5-6-7-8-9-10-4-2/h8-9H,3-7H2,1-2H3/b9-8-. The van der Waals surface area contributed by atoms with Gasteiger partial charge in [-0.15, -0.1) is 0 Å². The van der Waals surface area contributed by atoms with E-state index in [4.69, 9.17) is 4.74 Å². The highest BCUT2D eigenvalue weighted by molar-refractivity contribution is 4.72. The fourth-order valence-electron chi connectivity index (χ4n) is 0.744. The van der Waals surface area contributed by atoms with Gasteiger partial charge in [0.2, 0.25) is 0 Å². The lowest BCUT2D eigenvalue weighted by molar-refractivity contribution is 0.268. The molecule has 0 heterocycles. The first kappa shape index (κ1) is 9.54. The van der Waals surface area contributed by atoms with Gasteiger partial charge in [-0.1, -0.05) is 19.8 Å². The topological polar surface area (TPSA) is 9.23 Å². The fraction of sp³-hybridized carbons (Fsp3) is 0.778. The molecule has 1 nitrogen and oxygen atoms in total. The number of ether oxygens (including phenoxy) is 1. The summed E-state index contributed by atoms with van der Waals surface area (Å²) in [7, 11) is 0. The molecule has 0 radical (unpaired) electrons. The molecule has 0 amide bonds. The molecule has 0 spiro atoms. The summed E-state index contributed by atoms with van der Waals surface area (Å²) < 4.78 is 5.03. The molecule has 10 heavy (non-hydrogen) atoms. The van der Waals surface area contributed by atoms with Crippen LogP contribution >= 0.6 is 0 Å². The van der Waals surface area contributed by atoms with E-state index in [-0.39, 0.29) is 0 Å². The molecule has 0 unspecified atom stereocenters. The number of unbranched alkanes of at least 4 members (excludes halogenated alkanes) is 3. The molecule has 0 fully saturated rings. The minimum absolute atomic E-state index is 0.782. The van der Waals surface area contributed by atoms with Gasteiger partial charge in [-0.25, -0.2) is 0 Å². The Morgan fingerprint density at radius 2 is 2.00 bits per heavy atom. The highest BCUT2D eigenvalue weighted by Crippen LogP contribution is 1.99. The predicted octanol–water partition coefficient (Wildman–Crippen LogP) is 3.12. The molecule has 1 heteroatoms. The van der Waals surface area contributed by atoms with Crippen molar-refractivity contribution in [1.29, 1.82) is 0 Å². The summed E-state index contributed by atoms with van der Waals surface area (Å²) in [5.41, 5.74) is 0. The minimum Gasteiger partial charge on any atom is -0.502 e. The van der Waals surface area contributed by atoms with Gasteiger partial charge in [0, 0.05) is 0 Å². The molecule has 0 aromatic heterocycles. The van der Waals surface area contributed by atoms with E-state index in [1.807, 2.05) is 6.92 Å². The molecule has 0 rings (SSSR count). The highest BCUT2D eigenvalue weighted by Gasteiger charge is 1.80. The first-order valence-corrected chi connectivity index (χ1v) is 4.18. The normalized spacial score (nSPS) is 10.6. The average Bonchev–Trinajstić information content (AvgIpc) is 1.97. The van der Waals surface area contributed by atoms with Crippen molar-refractivity contribution in [3.05, 3.63) is 12.3 Å². The zero-order valence-corrected chi connectivity index (χ0v) is 7.10. The zero-order chi connectivity index (χ0) is 7.66. The lowest BCUT2D eigenvalue weighted by atomic mass is 10.2. The van der Waals surface area contributed by atoms with E-state index in [0.717, 1.165) is 13.0 Å². The Hall–Kier alpha value is -0.460. The van der Waals surface area contributed by atoms with Crippen LogP contribution < -0.4 is 0 Å². The molecule has 0 aliphatic carbocycles. The number of allylic oxidation sites excluding steroid dienone is 1. The van der Waals surface area contributed by atoms with Gasteiger partial charge in [0.05, 0.1) is 12.9 Å². The van der Waals surface area contributed by atoms with Gasteiger partial charge in [-0.05, 0) is 25.8 Å². The number of hydrogen-bond acceptors (Lipinski definition) is 1. The Morgan fingerprint density at radius 3 is 2.60 bits per heavy atom. The maximum atomic E-state index is 5.03. The van der Waals surface area contributed by atoms with Crippen LogP contribution in [0.4, 0.5) is 0 Å². The molecular formula is C9H18O. The molecule has 60 valence electrons. The van der Waals surface area contributed by atoms with Crippen molar-refractivity contribution in [3.8, 4) is 0 Å². The van der Waals surface area contributed by atoms with Crippen molar-refractivity contribution in [2.75, 3.05) is 6.61 Å². The third-order valence-corrected chi connectivity index (χ3v) is 1.33. The Morgan fingerprint density at radius 1 is 1.20 bits per heavy atom. The van der Waals surface area contributed by atoms with Gasteiger partial charge < -0.3 is 4.74 Å². The van der Waals surface area contributed by atoms with Gasteiger partial charge in [-0.2, -0.15) is 0 Å². The van der Waals surface area contributed by atoms with Crippen LogP contribution in [0.2, 0.25) is 0 Å². The van der Waals surface area contributed by atoms with E-state index in [1.54, 1.807) is 6.26 Å². The average molecular weight is 142 g/mol. The van der Waals surface area contributed by atoms with Crippen LogP contribution in [0.5, 0.6) is 0 Å². The Kier molecular flexibility index (Phi) is 8.15. The Balaban J connectivity index is 2.88. The van der Waals surface area contributed by atoms with E-state index < -0.39 is 0 Å². The first-order valence-electron chi connectivity index (χ1n) is 4.18. The van der Waals surface area contributed by atoms with Crippen LogP contribution in [-0.4, -0.2) is 6.61 Å². The van der Waals surface area contributed by atoms with Crippen molar-refractivity contribution in [2.45, 2.75) is 39.5 Å². The summed E-state index contributed by atoms with van der Waals surface area (Å²) in [5, 5.41) is 0. The van der Waals surface area contributed by atoms with Crippen molar-refractivity contribution in [2.24, 2.45) is 0 Å². The molecule has 0 aromatic rings. The van der Waals surface area contributed by atoms with Gasteiger partial charge >= 0.3 is 0 Å². The molecule has 0 saturated heterocycles. The van der Waals surface area contributed by atoms with Crippen molar-refractivity contribution >= 4 is 0 Å². The van der Waals surface area contributed by atoms with Crippen LogP contribution in [0.15, 0.2) is 12.3 Å². The number of rotatable bonds is 6. The van der Waals surface area contributed by atoms with Crippen molar-refractivity contribution in [3.63, 3.8) is 0 Å². The lowest BCUT2D eigenvalue weighted by Crippen LogP contribution is -1.76. The van der Waals surface area contributed by atoms with E-state index in [1.165, 1.54) is 19.3 Å². The summed E-state index contributed by atoms with van der Waals surface area (Å²) in [6.07, 6.45) is 8.97. The molecule has 0 aliphatic rings. The summed E-state index contributed by atoms with van der Waals surface area (Å²) in [6, 6.07) is 0. The predicted molar refractivity (Wildman–Crippen MR) is 44.9 cm³/mol. The molecule has 0 N–H and O–H groups in total. The fourth-order valence-corrected chi connectivity index (χ4v) is 0.744. The largest absolute Gasteiger partial charge is 0.502 e. The van der Waals surface area contributed by atoms with Gasteiger partial charge in [0.25, 0.3) is 0 Å². The highest BCUT2D eigenvalue weighted by atomic mass is 16.5. The molecule has 0 saturated carbocycles. The smallest absolute Gasteiger partial charge is 0.0845 e. The lowest BCUT2D eigenvalue weighted by Gasteiger charge is -1.93. The second kappa shape index (κ2) is 8.54. The third-order valence-electron chi connectivity index (χ3n) is 1.33. The van der Waals surface area contributed by atoms with E-state index in [2.05, 4.69) is 13.0 Å². The molecule has 0 aromatic carbocycles. The molecule has 0 aliphatic heterocycles. The van der Waals surface area contributed by atoms with Crippen LogP contribution in [0, 0.1) is 0 Å². The molecular weight excluding hydrogens is 124 g/mol. The summed E-state index contributed by atoms with van der Waals surface area (Å²) >= 11 is 0. The maximum Gasteiger partial charge on any atom is 0.0845 e. The van der Waals surface area contributed by atoms with Crippen molar-refractivity contribution < 1.29 is 4.74 Å². The van der Waals surface area contributed by atoms with Gasteiger partial charge in [0.15, 0.2) is 0 Å². The van der Waals surface area contributed by atoms with Crippen LogP contribution in [0.25, 0.3) is 0 Å². The van der Waals surface area contributed by atoms with Crippen LogP contribution in [0.1, 0.15) is 39.5 Å². The quantitative estimate of drug-likeness (QED) is 0.409. The second-order valence-corrected chi connectivity index (χ2v) is 2.32. The second-order valence-electron chi connectivity index (χ2n) is 2.32. The van der Waals surface area contributed by atoms with E-state index in [9.17, 15) is 0 Å². The van der Waals surface area contributed by atoms with E-state index >= 15 is 0 Å². The van der Waals surface area contributed by atoms with Gasteiger partial charge in [-0.3, -0.25) is 0 Å². The number of hydrogen-bond donors (Lipinski definition) is 0. The van der Waals surface area contributed by atoms with E-state index in [0.29, 0.717) is 0 Å². The summed E-state index contributed by atoms with van der Waals surface area (Å²) in [4.78, 5) is 0. The van der Waals surface area contributed by atoms with Gasteiger partial charge in [0.1, 0.15) is 0 Å². The Bertz CT molecular complexity index is 76.8. The molecule has 0 bridgehead atoms. The SMILES string of the molecule is CCCCC/C=C\OCC. The Labute approximate surface area is 64.1 Å². The van der Waals surface area contributed by atoms with Crippen LogP contribution in [0.3, 0.4) is 0 Å². The maximum absolute atomic E-state index is 5.03. The summed E-state index contributed by atoms with van der Waals surface area (Å²) in [6.45, 7) is 4.99. The van der Waals surface area contributed by atoms with Crippen LogP contribution in [-0.2, 0) is 4.74 Å². The minimum atomic E-state index is 0.782. The third kappa shape index (κ3) is 7.54. The van der Waals surface area contributed by atoms with Crippen molar-refractivity contribution in [1.82, 2.24) is 0 Å². The molecule has 0 atom stereocenters.